The normalized spacial score (nSPS) is 15.5. The van der Waals surface area contributed by atoms with E-state index in [-0.39, 0.29) is 30.4 Å². The summed E-state index contributed by atoms with van der Waals surface area (Å²) in [5.74, 6) is 3.91. The number of nitrogens with zero attached hydrogens (tertiary/aromatic N) is 3. The fourth-order valence-corrected chi connectivity index (χ4v) is 2.88. The van der Waals surface area contributed by atoms with E-state index in [2.05, 4.69) is 15.4 Å². The highest BCUT2D eigenvalue weighted by Crippen LogP contribution is 2.18. The first kappa shape index (κ1) is 27.4. The van der Waals surface area contributed by atoms with Crippen LogP contribution in [-0.2, 0) is 20.8 Å². The number of aryl methyl sites for hydroxylation is 1. The van der Waals surface area contributed by atoms with E-state index in [0.717, 1.165) is 5.12 Å². The number of hydrazine groups is 1. The molecule has 190 valence electrons. The Bertz CT molecular complexity index is 1060. The predicted octanol–water partition coefficient (Wildman–Crippen LogP) is 0.380. The quantitative estimate of drug-likeness (QED) is 0.183. The molecule has 6 N–H and O–H groups in total. The highest BCUT2D eigenvalue weighted by molar-refractivity contribution is 6.00. The lowest BCUT2D eigenvalue weighted by Gasteiger charge is -2.18. The highest BCUT2D eigenvalue weighted by Gasteiger charge is 2.21. The Morgan fingerprint density at radius 3 is 2.66 bits per heavy atom. The summed E-state index contributed by atoms with van der Waals surface area (Å²) in [6.07, 6.45) is -0.751. The van der Waals surface area contributed by atoms with E-state index in [9.17, 15) is 14.0 Å². The third kappa shape index (κ3) is 8.81. The van der Waals surface area contributed by atoms with E-state index in [1.54, 1.807) is 19.1 Å². The lowest BCUT2D eigenvalue weighted by molar-refractivity contribution is -0.164. The van der Waals surface area contributed by atoms with Crippen LogP contribution in [0.25, 0.3) is 0 Å². The molecule has 1 amide bonds. The monoisotopic (exact) mass is 492 g/mol. The molecule has 1 atom stereocenters. The molecule has 2 aromatic rings. The molecule has 1 aromatic carbocycles. The number of nitrogens with one attached hydrogen (secondary N) is 1. The van der Waals surface area contributed by atoms with Crippen molar-refractivity contribution in [3.05, 3.63) is 58.7 Å². The number of carbonyl (C=O) groups is 2. The molecule has 1 fully saturated rings. The Morgan fingerprint density at radius 1 is 1.34 bits per heavy atom. The number of carbonyl (C=O) groups excluding carboxylic acids is 1. The third-order valence-electron chi connectivity index (χ3n) is 4.51. The van der Waals surface area contributed by atoms with E-state index < -0.39 is 23.8 Å². The number of benzene rings is 1. The van der Waals surface area contributed by atoms with E-state index in [0.29, 0.717) is 30.0 Å². The second-order valence-electron chi connectivity index (χ2n) is 7.37. The van der Waals surface area contributed by atoms with Gasteiger partial charge in [0.05, 0.1) is 26.9 Å². The van der Waals surface area contributed by atoms with Crippen molar-refractivity contribution < 1.29 is 33.3 Å². The minimum atomic E-state index is -0.949. The van der Waals surface area contributed by atoms with Gasteiger partial charge < -0.3 is 30.4 Å². The summed E-state index contributed by atoms with van der Waals surface area (Å²) in [5, 5.41) is 16.0. The smallest absolute Gasteiger partial charge is 0.335 e. The number of pyridine rings is 1. The number of aliphatic carboxylic acids is 1. The summed E-state index contributed by atoms with van der Waals surface area (Å²) in [7, 11) is 2.91. The summed E-state index contributed by atoms with van der Waals surface area (Å²) < 4.78 is 28.0. The van der Waals surface area contributed by atoms with Crippen LogP contribution in [0.2, 0.25) is 0 Å². The maximum absolute atomic E-state index is 13.4. The number of halogens is 1. The van der Waals surface area contributed by atoms with Gasteiger partial charge in [0, 0.05) is 24.8 Å². The van der Waals surface area contributed by atoms with E-state index in [4.69, 9.17) is 30.9 Å². The van der Waals surface area contributed by atoms with E-state index in [1.165, 1.54) is 32.4 Å². The SMILES string of the molecule is COc1cc(CNC(=O)c2cc(/C(N)=N/N(C)N)cc(C)n2)ccc1F.O=C(O)C1COCCO1. The van der Waals surface area contributed by atoms with Gasteiger partial charge in [-0.05, 0) is 36.8 Å². The number of amides is 1. The van der Waals surface area contributed by atoms with Gasteiger partial charge in [-0.3, -0.25) is 4.79 Å². The summed E-state index contributed by atoms with van der Waals surface area (Å²) in [6, 6.07) is 7.59. The molecular weight excluding hydrogens is 463 g/mol. The minimum absolute atomic E-state index is 0.114. The first-order chi connectivity index (χ1) is 16.6. The zero-order chi connectivity index (χ0) is 26.0. The van der Waals surface area contributed by atoms with Crippen molar-refractivity contribution in [1.29, 1.82) is 0 Å². The lowest BCUT2D eigenvalue weighted by atomic mass is 10.1. The van der Waals surface area contributed by atoms with Gasteiger partial charge in [0.25, 0.3) is 5.91 Å². The second-order valence-corrected chi connectivity index (χ2v) is 7.37. The largest absolute Gasteiger partial charge is 0.494 e. The molecule has 1 aliphatic heterocycles. The van der Waals surface area contributed by atoms with Crippen LogP contribution in [0.4, 0.5) is 4.39 Å². The lowest BCUT2D eigenvalue weighted by Crippen LogP contribution is -2.35. The van der Waals surface area contributed by atoms with Crippen molar-refractivity contribution >= 4 is 17.7 Å². The third-order valence-corrected chi connectivity index (χ3v) is 4.51. The fraction of sp³-hybridized carbons (Fsp3) is 0.364. The standard InChI is InChI=1S/C17H21FN6O2.C5H8O4/c1-10-6-12(16(19)23-24(2)20)8-14(22-10)17(25)21-9-11-4-5-13(18)15(7-11)26-3;6-5(7)4-3-8-1-2-9-4/h4-8H,9,20H2,1-3H3,(H2,19,23)(H,21,25);4H,1-3H2,(H,6,7). The predicted molar refractivity (Wildman–Crippen MR) is 124 cm³/mol. The summed E-state index contributed by atoms with van der Waals surface area (Å²) in [4.78, 5) is 26.7. The molecule has 13 heteroatoms. The number of hydrogen-bond donors (Lipinski definition) is 4. The molecule has 12 nitrogen and oxygen atoms in total. The zero-order valence-electron chi connectivity index (χ0n) is 19.7. The van der Waals surface area contributed by atoms with Crippen molar-refractivity contribution in [2.24, 2.45) is 16.7 Å². The number of methoxy groups -OCH3 is 1. The molecular formula is C22H29FN6O6. The van der Waals surface area contributed by atoms with Crippen LogP contribution in [0.3, 0.4) is 0 Å². The summed E-state index contributed by atoms with van der Waals surface area (Å²) in [5.41, 5.74) is 7.88. The molecule has 0 aliphatic carbocycles. The number of nitrogens with two attached hydrogens (primary N) is 2. The van der Waals surface area contributed by atoms with Gasteiger partial charge in [-0.15, -0.1) is 5.10 Å². The first-order valence-electron chi connectivity index (χ1n) is 10.4. The molecule has 0 spiro atoms. The summed E-state index contributed by atoms with van der Waals surface area (Å²) in [6.45, 7) is 3.00. The number of rotatable bonds is 7. The van der Waals surface area contributed by atoms with Gasteiger partial charge in [-0.25, -0.2) is 25.1 Å². The van der Waals surface area contributed by atoms with E-state index in [1.807, 2.05) is 0 Å². The Hall–Kier alpha value is -3.81. The second kappa shape index (κ2) is 13.2. The Balaban J connectivity index is 0.000000402. The molecule has 1 aromatic heterocycles. The van der Waals surface area contributed by atoms with Gasteiger partial charge in [-0.2, -0.15) is 0 Å². The van der Waals surface area contributed by atoms with Crippen molar-refractivity contribution in [3.8, 4) is 5.75 Å². The number of amidine groups is 1. The van der Waals surface area contributed by atoms with Crippen molar-refractivity contribution in [1.82, 2.24) is 15.4 Å². The Labute approximate surface area is 201 Å². The van der Waals surface area contributed by atoms with Crippen LogP contribution in [0, 0.1) is 12.7 Å². The van der Waals surface area contributed by atoms with Crippen molar-refractivity contribution in [2.75, 3.05) is 34.0 Å². The number of aromatic nitrogens is 1. The van der Waals surface area contributed by atoms with Gasteiger partial charge >= 0.3 is 5.97 Å². The molecule has 0 radical (unpaired) electrons. The number of hydrazone groups is 1. The molecule has 1 unspecified atom stereocenters. The molecule has 0 bridgehead atoms. The van der Waals surface area contributed by atoms with Crippen LogP contribution in [-0.4, -0.2) is 73.0 Å². The van der Waals surface area contributed by atoms with Crippen molar-refractivity contribution in [3.63, 3.8) is 0 Å². The molecule has 1 saturated heterocycles. The topological polar surface area (TPSA) is 175 Å². The van der Waals surface area contributed by atoms with Crippen molar-refractivity contribution in [2.45, 2.75) is 19.6 Å². The van der Waals surface area contributed by atoms with Crippen LogP contribution in [0.15, 0.2) is 35.4 Å². The van der Waals surface area contributed by atoms with Crippen LogP contribution in [0.1, 0.15) is 27.3 Å². The maximum Gasteiger partial charge on any atom is 0.335 e. The molecule has 3 rings (SSSR count). The molecule has 35 heavy (non-hydrogen) atoms. The zero-order valence-corrected chi connectivity index (χ0v) is 19.7. The van der Waals surface area contributed by atoms with Crippen LogP contribution >= 0.6 is 0 Å². The number of carboxylic acids is 1. The average Bonchev–Trinajstić information content (AvgIpc) is 2.83. The van der Waals surface area contributed by atoms with Gasteiger partial charge in [-0.1, -0.05) is 6.07 Å². The Morgan fingerprint density at radius 2 is 2.09 bits per heavy atom. The summed E-state index contributed by atoms with van der Waals surface area (Å²) >= 11 is 0. The molecule has 0 saturated carbocycles. The number of carboxylic acid groups (broad SMARTS) is 1. The number of ether oxygens (including phenoxy) is 3. The first-order valence-corrected chi connectivity index (χ1v) is 10.4. The Kier molecular flexibility index (Phi) is 10.3. The van der Waals surface area contributed by atoms with Gasteiger partial charge in [0.1, 0.15) is 5.69 Å². The minimum Gasteiger partial charge on any atom is -0.494 e. The fourth-order valence-electron chi connectivity index (χ4n) is 2.88. The maximum atomic E-state index is 13.4. The average molecular weight is 493 g/mol. The van der Waals surface area contributed by atoms with Crippen LogP contribution < -0.4 is 21.6 Å². The van der Waals surface area contributed by atoms with E-state index >= 15 is 0 Å². The number of hydrogen-bond acceptors (Lipinski definition) is 9. The van der Waals surface area contributed by atoms with Gasteiger partial charge in [0.15, 0.2) is 23.5 Å². The molecule has 1 aliphatic rings. The van der Waals surface area contributed by atoms with Gasteiger partial charge in [0.2, 0.25) is 0 Å². The van der Waals surface area contributed by atoms with Crippen LogP contribution in [0.5, 0.6) is 5.75 Å². The highest BCUT2D eigenvalue weighted by atomic mass is 19.1. The molecule has 2 heterocycles.